The number of hydrogen-bond acceptors (Lipinski definition) is 3. The smallest absolute Gasteiger partial charge is 0.286 e. The standard InChI is InChI=1S/C18H21NO3/c20-18(17-6-3-13-21-17)19-12-11-14-7-9-16(10-8-14)22-15-4-1-2-5-15/h3,6-10,13,15H,1-2,4-5,11-12H2,(H,19,20). The predicted molar refractivity (Wildman–Crippen MR) is 84.1 cm³/mol. The summed E-state index contributed by atoms with van der Waals surface area (Å²) in [6.45, 7) is 0.586. The van der Waals surface area contributed by atoms with Crippen LogP contribution in [0.5, 0.6) is 5.75 Å². The Hall–Kier alpha value is -2.23. The average molecular weight is 299 g/mol. The second-order valence-electron chi connectivity index (χ2n) is 5.65. The van der Waals surface area contributed by atoms with E-state index in [0.717, 1.165) is 12.2 Å². The average Bonchev–Trinajstić information content (AvgIpc) is 3.22. The van der Waals surface area contributed by atoms with Crippen molar-refractivity contribution in [2.75, 3.05) is 6.54 Å². The predicted octanol–water partition coefficient (Wildman–Crippen LogP) is 3.57. The highest BCUT2D eigenvalue weighted by molar-refractivity contribution is 5.91. The molecule has 0 spiro atoms. The summed E-state index contributed by atoms with van der Waals surface area (Å²) >= 11 is 0. The molecule has 3 rings (SSSR count). The molecule has 4 nitrogen and oxygen atoms in total. The van der Waals surface area contributed by atoms with Crippen LogP contribution in [-0.2, 0) is 6.42 Å². The zero-order valence-corrected chi connectivity index (χ0v) is 12.6. The summed E-state index contributed by atoms with van der Waals surface area (Å²) in [6.07, 6.45) is 7.56. The van der Waals surface area contributed by atoms with Crippen LogP contribution in [0.4, 0.5) is 0 Å². The third kappa shape index (κ3) is 3.91. The third-order valence-corrected chi connectivity index (χ3v) is 3.97. The fourth-order valence-electron chi connectivity index (χ4n) is 2.75. The zero-order chi connectivity index (χ0) is 15.2. The van der Waals surface area contributed by atoms with Gasteiger partial charge in [-0.15, -0.1) is 0 Å². The lowest BCUT2D eigenvalue weighted by Gasteiger charge is -2.13. The van der Waals surface area contributed by atoms with E-state index < -0.39 is 0 Å². The van der Waals surface area contributed by atoms with E-state index in [-0.39, 0.29) is 5.91 Å². The maximum absolute atomic E-state index is 11.7. The lowest BCUT2D eigenvalue weighted by Crippen LogP contribution is -2.25. The summed E-state index contributed by atoms with van der Waals surface area (Å²) in [5.41, 5.74) is 1.18. The van der Waals surface area contributed by atoms with Crippen LogP contribution in [0.1, 0.15) is 41.8 Å². The van der Waals surface area contributed by atoms with Crippen molar-refractivity contribution in [3.63, 3.8) is 0 Å². The van der Waals surface area contributed by atoms with Crippen LogP contribution in [0.15, 0.2) is 47.1 Å². The van der Waals surface area contributed by atoms with Crippen LogP contribution < -0.4 is 10.1 Å². The number of furan rings is 1. The largest absolute Gasteiger partial charge is 0.490 e. The van der Waals surface area contributed by atoms with E-state index >= 15 is 0 Å². The molecule has 116 valence electrons. The normalized spacial score (nSPS) is 14.9. The molecule has 0 radical (unpaired) electrons. The summed E-state index contributed by atoms with van der Waals surface area (Å²) in [4.78, 5) is 11.7. The van der Waals surface area contributed by atoms with E-state index in [4.69, 9.17) is 9.15 Å². The number of nitrogens with one attached hydrogen (secondary N) is 1. The Labute approximate surface area is 130 Å². The van der Waals surface area contributed by atoms with Crippen molar-refractivity contribution in [2.45, 2.75) is 38.2 Å². The fraction of sp³-hybridized carbons (Fsp3) is 0.389. The monoisotopic (exact) mass is 299 g/mol. The van der Waals surface area contributed by atoms with Gasteiger partial charge in [0.25, 0.3) is 5.91 Å². The minimum absolute atomic E-state index is 0.175. The minimum Gasteiger partial charge on any atom is -0.490 e. The zero-order valence-electron chi connectivity index (χ0n) is 12.6. The Morgan fingerprint density at radius 3 is 2.64 bits per heavy atom. The van der Waals surface area contributed by atoms with Gasteiger partial charge in [0.05, 0.1) is 12.4 Å². The Kier molecular flexibility index (Phi) is 4.78. The molecule has 0 bridgehead atoms. The molecular formula is C18H21NO3. The summed E-state index contributed by atoms with van der Waals surface area (Å²) in [5.74, 6) is 1.11. The van der Waals surface area contributed by atoms with Crippen molar-refractivity contribution in [1.82, 2.24) is 5.32 Å². The van der Waals surface area contributed by atoms with E-state index in [9.17, 15) is 4.79 Å². The summed E-state index contributed by atoms with van der Waals surface area (Å²) in [7, 11) is 0. The van der Waals surface area contributed by atoms with Crippen molar-refractivity contribution >= 4 is 5.91 Å². The van der Waals surface area contributed by atoms with Gasteiger partial charge < -0.3 is 14.5 Å². The molecule has 1 heterocycles. The number of amides is 1. The van der Waals surface area contributed by atoms with E-state index in [2.05, 4.69) is 17.4 Å². The molecule has 1 amide bonds. The van der Waals surface area contributed by atoms with Crippen LogP contribution in [0.25, 0.3) is 0 Å². The highest BCUT2D eigenvalue weighted by Crippen LogP contribution is 2.24. The highest BCUT2D eigenvalue weighted by Gasteiger charge is 2.16. The molecular weight excluding hydrogens is 278 g/mol. The Morgan fingerprint density at radius 2 is 1.95 bits per heavy atom. The quantitative estimate of drug-likeness (QED) is 0.887. The summed E-state index contributed by atoms with van der Waals surface area (Å²) in [6, 6.07) is 11.5. The summed E-state index contributed by atoms with van der Waals surface area (Å²) in [5, 5.41) is 2.84. The molecule has 1 aliphatic carbocycles. The fourth-order valence-corrected chi connectivity index (χ4v) is 2.75. The van der Waals surface area contributed by atoms with Crippen LogP contribution in [-0.4, -0.2) is 18.6 Å². The van der Waals surface area contributed by atoms with Gasteiger partial charge in [0.1, 0.15) is 5.75 Å². The number of benzene rings is 1. The molecule has 22 heavy (non-hydrogen) atoms. The molecule has 0 saturated heterocycles. The molecule has 1 aliphatic rings. The Morgan fingerprint density at radius 1 is 1.18 bits per heavy atom. The lowest BCUT2D eigenvalue weighted by molar-refractivity contribution is 0.0926. The Balaban J connectivity index is 1.43. The van der Waals surface area contributed by atoms with Gasteiger partial charge in [-0.2, -0.15) is 0 Å². The van der Waals surface area contributed by atoms with Crippen LogP contribution in [0, 0.1) is 0 Å². The van der Waals surface area contributed by atoms with Crippen LogP contribution in [0.3, 0.4) is 0 Å². The van der Waals surface area contributed by atoms with Crippen LogP contribution >= 0.6 is 0 Å². The van der Waals surface area contributed by atoms with Gasteiger partial charge in [0.2, 0.25) is 0 Å². The minimum atomic E-state index is -0.175. The molecule has 1 N–H and O–H groups in total. The van der Waals surface area contributed by atoms with E-state index in [1.54, 1.807) is 12.1 Å². The van der Waals surface area contributed by atoms with Crippen molar-refractivity contribution < 1.29 is 13.9 Å². The third-order valence-electron chi connectivity index (χ3n) is 3.97. The van der Waals surface area contributed by atoms with Gasteiger partial charge in [-0.3, -0.25) is 4.79 Å². The molecule has 0 unspecified atom stereocenters. The molecule has 4 heteroatoms. The van der Waals surface area contributed by atoms with Gasteiger partial charge in [0.15, 0.2) is 5.76 Å². The Bertz CT molecular complexity index is 583. The highest BCUT2D eigenvalue weighted by atomic mass is 16.5. The van der Waals surface area contributed by atoms with Crippen molar-refractivity contribution in [1.29, 1.82) is 0 Å². The second-order valence-corrected chi connectivity index (χ2v) is 5.65. The van der Waals surface area contributed by atoms with Gasteiger partial charge in [-0.25, -0.2) is 0 Å². The molecule has 2 aromatic rings. The van der Waals surface area contributed by atoms with Crippen molar-refractivity contribution in [2.24, 2.45) is 0 Å². The number of rotatable bonds is 6. The van der Waals surface area contributed by atoms with Crippen molar-refractivity contribution in [3.8, 4) is 5.75 Å². The number of carbonyl (C=O) groups excluding carboxylic acids is 1. The number of ether oxygens (including phenoxy) is 1. The lowest BCUT2D eigenvalue weighted by atomic mass is 10.1. The maximum atomic E-state index is 11.7. The number of carbonyl (C=O) groups is 1. The second kappa shape index (κ2) is 7.16. The first kappa shape index (κ1) is 14.7. The molecule has 1 aromatic carbocycles. The number of hydrogen-bond donors (Lipinski definition) is 1. The van der Waals surface area contributed by atoms with Gasteiger partial charge >= 0.3 is 0 Å². The molecule has 1 aromatic heterocycles. The topological polar surface area (TPSA) is 51.5 Å². The molecule has 1 saturated carbocycles. The molecule has 0 aliphatic heterocycles. The first-order valence-corrected chi connectivity index (χ1v) is 7.88. The molecule has 0 atom stereocenters. The molecule has 1 fully saturated rings. The van der Waals surface area contributed by atoms with E-state index in [0.29, 0.717) is 18.4 Å². The maximum Gasteiger partial charge on any atom is 0.286 e. The van der Waals surface area contributed by atoms with Crippen molar-refractivity contribution in [3.05, 3.63) is 54.0 Å². The van der Waals surface area contributed by atoms with E-state index in [1.165, 1.54) is 37.5 Å². The van der Waals surface area contributed by atoms with Gasteiger partial charge in [-0.05, 0) is 61.9 Å². The van der Waals surface area contributed by atoms with Crippen LogP contribution in [0.2, 0.25) is 0 Å². The van der Waals surface area contributed by atoms with E-state index in [1.807, 2.05) is 12.1 Å². The first-order chi connectivity index (χ1) is 10.8. The SMILES string of the molecule is O=C(NCCc1ccc(OC2CCCC2)cc1)c1ccco1. The first-order valence-electron chi connectivity index (χ1n) is 7.88. The van der Waals surface area contributed by atoms with Gasteiger partial charge in [-0.1, -0.05) is 12.1 Å². The van der Waals surface area contributed by atoms with Gasteiger partial charge in [0, 0.05) is 6.54 Å². The summed E-state index contributed by atoms with van der Waals surface area (Å²) < 4.78 is 11.0.